The molecule has 0 aliphatic carbocycles. The van der Waals surface area contributed by atoms with E-state index in [0.29, 0.717) is 32.0 Å². The van der Waals surface area contributed by atoms with Crippen LogP contribution in [-0.2, 0) is 4.74 Å². The molecule has 2 heterocycles. The zero-order chi connectivity index (χ0) is 12.4. The molecule has 1 aliphatic heterocycles. The first-order valence-corrected chi connectivity index (χ1v) is 5.30. The number of hydrogen-bond donors (Lipinski definition) is 2. The summed E-state index contributed by atoms with van der Waals surface area (Å²) < 4.78 is 10.5. The van der Waals surface area contributed by atoms with Gasteiger partial charge in [0, 0.05) is 19.2 Å². The Morgan fingerprint density at radius 3 is 2.59 bits per heavy atom. The van der Waals surface area contributed by atoms with Gasteiger partial charge in [-0.05, 0) is 0 Å². The van der Waals surface area contributed by atoms with Crippen LogP contribution in [-0.4, -0.2) is 37.1 Å². The van der Waals surface area contributed by atoms with Gasteiger partial charge in [-0.3, -0.25) is 4.79 Å². The summed E-state index contributed by atoms with van der Waals surface area (Å²) in [5.74, 6) is 0.250. The molecular formula is C11H15N3O3. The van der Waals surface area contributed by atoms with Crippen LogP contribution in [0.4, 0.5) is 5.69 Å². The number of furan rings is 1. The minimum Gasteiger partial charge on any atom is -0.447 e. The van der Waals surface area contributed by atoms with Gasteiger partial charge >= 0.3 is 0 Å². The van der Waals surface area contributed by atoms with E-state index in [2.05, 4.69) is 6.58 Å². The fourth-order valence-electron chi connectivity index (χ4n) is 1.68. The van der Waals surface area contributed by atoms with Gasteiger partial charge in [0.15, 0.2) is 11.5 Å². The third-order valence-corrected chi connectivity index (χ3v) is 2.56. The van der Waals surface area contributed by atoms with Crippen LogP contribution in [0.5, 0.6) is 0 Å². The van der Waals surface area contributed by atoms with Crippen LogP contribution in [0.2, 0.25) is 0 Å². The summed E-state index contributed by atoms with van der Waals surface area (Å²) in [5, 5.41) is 0. The van der Waals surface area contributed by atoms with Crippen molar-refractivity contribution in [1.29, 1.82) is 0 Å². The van der Waals surface area contributed by atoms with Crippen molar-refractivity contribution >= 4 is 17.3 Å². The Kier molecular flexibility index (Phi) is 3.06. The fourth-order valence-corrected chi connectivity index (χ4v) is 1.68. The van der Waals surface area contributed by atoms with Crippen LogP contribution in [0.1, 0.15) is 16.3 Å². The summed E-state index contributed by atoms with van der Waals surface area (Å²) in [5.41, 5.74) is 11.7. The first-order valence-electron chi connectivity index (χ1n) is 5.30. The van der Waals surface area contributed by atoms with Gasteiger partial charge in [-0.1, -0.05) is 6.58 Å². The number of hydrogen-bond acceptors (Lipinski definition) is 5. The molecule has 0 atom stereocenters. The van der Waals surface area contributed by atoms with Crippen LogP contribution < -0.4 is 11.5 Å². The number of nitrogens with two attached hydrogens (primary N) is 2. The molecule has 17 heavy (non-hydrogen) atoms. The third-order valence-electron chi connectivity index (χ3n) is 2.56. The minimum atomic E-state index is -0.201. The monoisotopic (exact) mass is 237 g/mol. The number of nitrogens with zero attached hydrogens (tertiary/aromatic N) is 1. The maximum absolute atomic E-state index is 12.0. The number of anilines is 1. The first kappa shape index (κ1) is 11.5. The topological polar surface area (TPSA) is 94.7 Å². The lowest BCUT2D eigenvalue weighted by molar-refractivity contribution is 0.0282. The van der Waals surface area contributed by atoms with Gasteiger partial charge in [-0.25, -0.2) is 0 Å². The lowest BCUT2D eigenvalue weighted by Crippen LogP contribution is -2.40. The summed E-state index contributed by atoms with van der Waals surface area (Å²) in [6.07, 6.45) is 0. The zero-order valence-corrected chi connectivity index (χ0v) is 9.44. The van der Waals surface area contributed by atoms with Crippen LogP contribution in [0.15, 0.2) is 17.1 Å². The van der Waals surface area contributed by atoms with Gasteiger partial charge in [0.2, 0.25) is 0 Å². The molecule has 1 aromatic rings. The Morgan fingerprint density at radius 2 is 2.06 bits per heavy atom. The molecule has 0 spiro atoms. The number of nitrogen functional groups attached to an aromatic ring is 1. The smallest absolute Gasteiger partial charge is 0.289 e. The van der Waals surface area contributed by atoms with Crippen molar-refractivity contribution < 1.29 is 13.9 Å². The number of ether oxygens (including phenoxy) is 1. The van der Waals surface area contributed by atoms with E-state index < -0.39 is 0 Å². The van der Waals surface area contributed by atoms with Crippen molar-refractivity contribution in [2.75, 3.05) is 32.0 Å². The SMILES string of the molecule is C=C(N)c1oc(C(=O)N2CCOCC2)cc1N. The van der Waals surface area contributed by atoms with Crippen molar-refractivity contribution in [3.63, 3.8) is 0 Å². The number of rotatable bonds is 2. The lowest BCUT2D eigenvalue weighted by Gasteiger charge is -2.25. The van der Waals surface area contributed by atoms with Crippen LogP contribution in [0, 0.1) is 0 Å². The summed E-state index contributed by atoms with van der Waals surface area (Å²) >= 11 is 0. The van der Waals surface area contributed by atoms with Gasteiger partial charge in [0.25, 0.3) is 5.91 Å². The normalized spacial score (nSPS) is 15.9. The number of carbonyl (C=O) groups excluding carboxylic acids is 1. The Balaban J connectivity index is 2.19. The van der Waals surface area contributed by atoms with Crippen molar-refractivity contribution in [1.82, 2.24) is 4.90 Å². The van der Waals surface area contributed by atoms with E-state index >= 15 is 0 Å². The van der Waals surface area contributed by atoms with Crippen LogP contribution >= 0.6 is 0 Å². The number of carbonyl (C=O) groups is 1. The third kappa shape index (κ3) is 2.26. The summed E-state index contributed by atoms with van der Waals surface area (Å²) in [6.45, 7) is 5.72. The van der Waals surface area contributed by atoms with E-state index in [-0.39, 0.29) is 23.1 Å². The highest BCUT2D eigenvalue weighted by atomic mass is 16.5. The van der Waals surface area contributed by atoms with Crippen molar-refractivity contribution in [3.05, 3.63) is 24.2 Å². The minimum absolute atomic E-state index is 0.186. The summed E-state index contributed by atoms with van der Waals surface area (Å²) in [4.78, 5) is 13.7. The second-order valence-electron chi connectivity index (χ2n) is 3.82. The van der Waals surface area contributed by atoms with Gasteiger partial charge in [-0.2, -0.15) is 0 Å². The first-order chi connectivity index (χ1) is 8.09. The van der Waals surface area contributed by atoms with E-state index in [0.717, 1.165) is 0 Å². The Hall–Kier alpha value is -1.95. The molecule has 1 amide bonds. The summed E-state index contributed by atoms with van der Waals surface area (Å²) in [6, 6.07) is 1.48. The standard InChI is InChI=1S/C11H15N3O3/c1-7(12)10-8(13)6-9(17-10)11(15)14-2-4-16-5-3-14/h6H,1-5,12-13H2. The quantitative estimate of drug-likeness (QED) is 0.769. The average Bonchev–Trinajstić information content (AvgIpc) is 2.71. The van der Waals surface area contributed by atoms with E-state index in [1.54, 1.807) is 4.90 Å². The van der Waals surface area contributed by atoms with E-state index in [4.69, 9.17) is 20.6 Å². The molecule has 6 nitrogen and oxygen atoms in total. The Bertz CT molecular complexity index is 447. The largest absolute Gasteiger partial charge is 0.447 e. The van der Waals surface area contributed by atoms with Crippen LogP contribution in [0.25, 0.3) is 5.70 Å². The predicted octanol–water partition coefficient (Wildman–Crippen LogP) is 0.264. The molecule has 1 aliphatic rings. The average molecular weight is 237 g/mol. The molecule has 0 unspecified atom stereocenters. The molecule has 0 radical (unpaired) electrons. The van der Waals surface area contributed by atoms with E-state index in [9.17, 15) is 4.79 Å². The second-order valence-corrected chi connectivity index (χ2v) is 3.82. The zero-order valence-electron chi connectivity index (χ0n) is 9.44. The Labute approximate surface area is 98.8 Å². The van der Waals surface area contributed by atoms with Gasteiger partial charge in [0.1, 0.15) is 0 Å². The molecule has 2 rings (SSSR count). The second kappa shape index (κ2) is 4.50. The van der Waals surface area contributed by atoms with Crippen molar-refractivity contribution in [3.8, 4) is 0 Å². The maximum Gasteiger partial charge on any atom is 0.289 e. The fraction of sp³-hybridized carbons (Fsp3) is 0.364. The molecule has 0 saturated carbocycles. The highest BCUT2D eigenvalue weighted by Gasteiger charge is 2.23. The Morgan fingerprint density at radius 1 is 1.41 bits per heavy atom. The highest BCUT2D eigenvalue weighted by molar-refractivity contribution is 5.93. The molecular weight excluding hydrogens is 222 g/mol. The van der Waals surface area contributed by atoms with Gasteiger partial charge in [-0.15, -0.1) is 0 Å². The van der Waals surface area contributed by atoms with Gasteiger partial charge < -0.3 is 25.5 Å². The molecule has 0 bridgehead atoms. The number of morpholine rings is 1. The molecule has 4 N–H and O–H groups in total. The van der Waals surface area contributed by atoms with E-state index in [1.165, 1.54) is 6.07 Å². The van der Waals surface area contributed by atoms with Crippen LogP contribution in [0.3, 0.4) is 0 Å². The molecule has 1 saturated heterocycles. The predicted molar refractivity (Wildman–Crippen MR) is 63.1 cm³/mol. The lowest BCUT2D eigenvalue weighted by atomic mass is 10.3. The molecule has 92 valence electrons. The maximum atomic E-state index is 12.0. The van der Waals surface area contributed by atoms with Gasteiger partial charge in [0.05, 0.1) is 24.6 Å². The highest BCUT2D eigenvalue weighted by Crippen LogP contribution is 2.23. The molecule has 1 aromatic heterocycles. The molecule has 1 fully saturated rings. The van der Waals surface area contributed by atoms with Crippen molar-refractivity contribution in [2.24, 2.45) is 5.73 Å². The molecule has 0 aromatic carbocycles. The van der Waals surface area contributed by atoms with E-state index in [1.807, 2.05) is 0 Å². The molecule has 6 heteroatoms. The summed E-state index contributed by atoms with van der Waals surface area (Å²) in [7, 11) is 0. The van der Waals surface area contributed by atoms with Crippen molar-refractivity contribution in [2.45, 2.75) is 0 Å². The number of amides is 1.